The zero-order valence-electron chi connectivity index (χ0n) is 33.0. The molecule has 18 nitrogen and oxygen atoms in total. The quantitative estimate of drug-likeness (QED) is 0.0463. The highest BCUT2D eigenvalue weighted by atomic mass is 35.7. The van der Waals surface area contributed by atoms with Crippen molar-refractivity contribution in [3.8, 4) is 0 Å². The number of halogens is 11. The SMILES string of the molecule is O=C(Nc1ccc(F)c(Cl)c1)c1cc([N+](=O)[O-])c(Cl)c(S(=O)(=O)Cl)c1.O=C(Nc1ccc(F)c(Cl)c1)c1cc([N+](=O)[O-])c(Cl)c(S(=O)(=O)N2CCC(O)C(F)(F)C2)c1.OC1CCNCC1(F)F. The van der Waals surface area contributed by atoms with Gasteiger partial charge >= 0.3 is 0 Å². The van der Waals surface area contributed by atoms with Gasteiger partial charge in [0.2, 0.25) is 10.0 Å². The molecule has 364 valence electrons. The van der Waals surface area contributed by atoms with Gasteiger partial charge in [-0.15, -0.1) is 0 Å². The van der Waals surface area contributed by atoms with Crippen molar-refractivity contribution >= 4 is 111 Å². The van der Waals surface area contributed by atoms with Crippen molar-refractivity contribution in [3.05, 3.63) is 124 Å². The predicted molar refractivity (Wildman–Crippen MR) is 231 cm³/mol. The van der Waals surface area contributed by atoms with Crippen LogP contribution in [0.5, 0.6) is 0 Å². The van der Waals surface area contributed by atoms with Crippen LogP contribution in [0.3, 0.4) is 0 Å². The maximum atomic E-state index is 13.9. The van der Waals surface area contributed by atoms with E-state index in [0.717, 1.165) is 42.5 Å². The van der Waals surface area contributed by atoms with E-state index < -0.39 is 145 Å². The minimum absolute atomic E-state index is 0.00179. The summed E-state index contributed by atoms with van der Waals surface area (Å²) in [5.74, 6) is -10.1. The van der Waals surface area contributed by atoms with E-state index in [1.807, 2.05) is 0 Å². The van der Waals surface area contributed by atoms with Gasteiger partial charge < -0.3 is 26.2 Å². The first kappa shape index (κ1) is 55.0. The molecule has 2 aliphatic heterocycles. The van der Waals surface area contributed by atoms with Crippen molar-refractivity contribution in [2.45, 2.75) is 46.7 Å². The Morgan fingerprint density at radius 3 is 1.52 bits per heavy atom. The Bertz CT molecular complexity index is 2840. The monoisotopic (exact) mass is 1090 g/mol. The number of aliphatic hydroxyl groups is 2. The van der Waals surface area contributed by atoms with Crippen LogP contribution in [0.2, 0.25) is 20.1 Å². The number of piperidine rings is 2. The van der Waals surface area contributed by atoms with Gasteiger partial charge in [-0.1, -0.05) is 46.4 Å². The minimum atomic E-state index is -4.83. The molecule has 5 N–H and O–H groups in total. The third-order valence-electron chi connectivity index (χ3n) is 9.16. The lowest BCUT2D eigenvalue weighted by molar-refractivity contribution is -0.385. The number of carbonyl (C=O) groups excluding carboxylic acids is 2. The van der Waals surface area contributed by atoms with Gasteiger partial charge in [0.25, 0.3) is 44.1 Å². The van der Waals surface area contributed by atoms with E-state index in [1.54, 1.807) is 0 Å². The first-order valence-electron chi connectivity index (χ1n) is 18.1. The number of benzene rings is 4. The first-order valence-corrected chi connectivity index (χ1v) is 23.4. The Kier molecular flexibility index (Phi) is 17.9. The zero-order valence-corrected chi connectivity index (χ0v) is 38.4. The molecule has 31 heteroatoms. The molecule has 0 radical (unpaired) electrons. The van der Waals surface area contributed by atoms with Crippen molar-refractivity contribution in [1.82, 2.24) is 9.62 Å². The van der Waals surface area contributed by atoms with Crippen molar-refractivity contribution in [2.75, 3.05) is 36.8 Å². The van der Waals surface area contributed by atoms with Gasteiger partial charge in [0.1, 0.15) is 43.7 Å². The average Bonchev–Trinajstić information content (AvgIpc) is 3.22. The minimum Gasteiger partial charge on any atom is -0.387 e. The van der Waals surface area contributed by atoms with Crippen LogP contribution in [-0.2, 0) is 19.1 Å². The van der Waals surface area contributed by atoms with E-state index in [2.05, 4.69) is 16.0 Å². The van der Waals surface area contributed by atoms with E-state index in [4.69, 9.17) is 62.2 Å². The average molecular weight is 1090 g/mol. The molecule has 4 aromatic rings. The van der Waals surface area contributed by atoms with E-state index in [-0.39, 0.29) is 27.8 Å². The summed E-state index contributed by atoms with van der Waals surface area (Å²) in [6.45, 7) is -1.80. The normalized spacial score (nSPS) is 18.0. The second kappa shape index (κ2) is 21.8. The standard InChI is InChI=1S/C18H14Cl2F3N3O6S.C13H6Cl3FN2O5S.C5H9F2NO/c19-11-7-10(1-2-12(11)21)24-17(28)9-5-13(26(29)30)16(20)14(6-9)33(31,32)25-4-3-15(27)18(22,23)8-25;14-8-5-7(1-2-9(8)17)18-13(20)6-3-10(19(21)22)12(15)11(4-6)25(16,23)24;6-5(7)3-8-2-1-4(5)9/h1-2,5-7,15,27H,3-4,8H2,(H,24,28);1-5H,(H,18,20);4,8-9H,1-3H2. The van der Waals surface area contributed by atoms with Gasteiger partial charge in [0, 0.05) is 51.9 Å². The van der Waals surface area contributed by atoms with Crippen LogP contribution in [0.1, 0.15) is 33.6 Å². The molecule has 67 heavy (non-hydrogen) atoms. The number of aliphatic hydroxyl groups excluding tert-OH is 2. The summed E-state index contributed by atoms with van der Waals surface area (Å²) in [6, 6.07) is 9.43. The van der Waals surface area contributed by atoms with Crippen LogP contribution in [-0.4, -0.2) is 103 Å². The summed E-state index contributed by atoms with van der Waals surface area (Å²) in [6.07, 6.45) is -3.95. The topological polar surface area (TPSA) is 268 Å². The van der Waals surface area contributed by atoms with Crippen molar-refractivity contribution in [1.29, 1.82) is 0 Å². The molecule has 2 atom stereocenters. The summed E-state index contributed by atoms with van der Waals surface area (Å²) in [7, 11) is -4.08. The van der Waals surface area contributed by atoms with Crippen LogP contribution in [0.15, 0.2) is 70.5 Å². The third kappa shape index (κ3) is 13.8. The van der Waals surface area contributed by atoms with E-state index in [1.165, 1.54) is 6.07 Å². The second-order valence-corrected chi connectivity index (χ2v) is 19.9. The van der Waals surface area contributed by atoms with Crippen molar-refractivity contribution in [3.63, 3.8) is 0 Å². The van der Waals surface area contributed by atoms with Crippen LogP contribution >= 0.6 is 57.1 Å². The Morgan fingerprint density at radius 1 is 0.716 bits per heavy atom. The van der Waals surface area contributed by atoms with Crippen LogP contribution < -0.4 is 16.0 Å². The lowest BCUT2D eigenvalue weighted by Gasteiger charge is -2.35. The smallest absolute Gasteiger partial charge is 0.290 e. The fourth-order valence-electron chi connectivity index (χ4n) is 5.68. The van der Waals surface area contributed by atoms with Gasteiger partial charge in [0.05, 0.1) is 33.0 Å². The molecular formula is C36H29Cl5F6N6O12S2. The molecule has 2 saturated heterocycles. The van der Waals surface area contributed by atoms with Gasteiger partial charge in [-0.2, -0.15) is 4.31 Å². The number of nitrogens with zero attached hydrogens (tertiary/aromatic N) is 3. The fourth-order valence-corrected chi connectivity index (χ4v) is 9.64. The number of amides is 2. The molecule has 2 fully saturated rings. The summed E-state index contributed by atoms with van der Waals surface area (Å²) < 4.78 is 128. The lowest BCUT2D eigenvalue weighted by Crippen LogP contribution is -2.53. The Hall–Kier alpha value is -4.61. The molecular weight excluding hydrogens is 1060 g/mol. The molecule has 0 aromatic heterocycles. The predicted octanol–water partition coefficient (Wildman–Crippen LogP) is 7.88. The number of anilines is 2. The van der Waals surface area contributed by atoms with Crippen LogP contribution in [0, 0.1) is 31.9 Å². The number of nitro benzene ring substituents is 2. The zero-order chi connectivity index (χ0) is 50.6. The van der Waals surface area contributed by atoms with Gasteiger partial charge in [-0.25, -0.2) is 43.2 Å². The highest BCUT2D eigenvalue weighted by molar-refractivity contribution is 8.13. The van der Waals surface area contributed by atoms with Crippen molar-refractivity contribution in [2.24, 2.45) is 0 Å². The largest absolute Gasteiger partial charge is 0.387 e. The van der Waals surface area contributed by atoms with E-state index in [9.17, 15) is 78.1 Å². The first-order chi connectivity index (χ1) is 30.9. The summed E-state index contributed by atoms with van der Waals surface area (Å²) in [5, 5.41) is 45.3. The molecule has 4 aromatic carbocycles. The van der Waals surface area contributed by atoms with E-state index >= 15 is 0 Å². The molecule has 2 heterocycles. The summed E-state index contributed by atoms with van der Waals surface area (Å²) in [4.78, 5) is 43.5. The molecule has 0 spiro atoms. The maximum absolute atomic E-state index is 13.9. The van der Waals surface area contributed by atoms with E-state index in [0.29, 0.717) is 23.0 Å². The Balaban J connectivity index is 0.000000253. The number of hydrogen-bond donors (Lipinski definition) is 5. The molecule has 6 rings (SSSR count). The van der Waals surface area contributed by atoms with Crippen LogP contribution in [0.25, 0.3) is 0 Å². The molecule has 0 bridgehead atoms. The van der Waals surface area contributed by atoms with Gasteiger partial charge in [-0.05, 0) is 67.9 Å². The number of alkyl halides is 4. The molecule has 2 unspecified atom stereocenters. The number of carbonyl (C=O) groups is 2. The molecule has 0 aliphatic carbocycles. The van der Waals surface area contributed by atoms with Gasteiger partial charge in [0.15, 0.2) is 0 Å². The maximum Gasteiger partial charge on any atom is 0.290 e. The highest BCUT2D eigenvalue weighted by Gasteiger charge is 2.48. The summed E-state index contributed by atoms with van der Waals surface area (Å²) in [5.41, 5.74) is -2.61. The fraction of sp³-hybridized carbons (Fsp3) is 0.278. The van der Waals surface area contributed by atoms with Crippen molar-refractivity contribution < 1.29 is 72.8 Å². The molecule has 0 saturated carbocycles. The third-order valence-corrected chi connectivity index (χ3v) is 14.0. The number of rotatable bonds is 9. The summed E-state index contributed by atoms with van der Waals surface area (Å²) >= 11 is 22.8. The number of nitrogens with one attached hydrogen (secondary N) is 3. The Labute approximate surface area is 398 Å². The number of sulfonamides is 1. The molecule has 2 aliphatic rings. The lowest BCUT2D eigenvalue weighted by atomic mass is 10.1. The number of hydrogen-bond acceptors (Lipinski definition) is 13. The second-order valence-electron chi connectivity index (χ2n) is 13.9. The molecule has 2 amide bonds. The van der Waals surface area contributed by atoms with Crippen LogP contribution in [0.4, 0.5) is 49.1 Å². The van der Waals surface area contributed by atoms with Gasteiger partial charge in [-0.3, -0.25) is 29.8 Å². The Morgan fingerprint density at radius 2 is 1.15 bits per heavy atom. The highest BCUT2D eigenvalue weighted by Crippen LogP contribution is 2.38. The number of nitro groups is 2.